The van der Waals surface area contributed by atoms with E-state index >= 15 is 0 Å². The summed E-state index contributed by atoms with van der Waals surface area (Å²) >= 11 is 12.0. The van der Waals surface area contributed by atoms with E-state index in [0.717, 1.165) is 0 Å². The van der Waals surface area contributed by atoms with Crippen LogP contribution >= 0.6 is 23.2 Å². The van der Waals surface area contributed by atoms with Crippen molar-refractivity contribution in [2.75, 3.05) is 32.0 Å². The molecule has 0 spiro atoms. The summed E-state index contributed by atoms with van der Waals surface area (Å²) in [7, 11) is 4.69. The number of aromatic hydroxyl groups is 1. The van der Waals surface area contributed by atoms with Gasteiger partial charge in [-0.05, 0) is 72.8 Å². The fraction of sp³-hybridized carbons (Fsp3) is 0.103. The minimum Gasteiger partial charge on any atom is -0.508 e. The Hall–Kier alpha value is -4.40. The first kappa shape index (κ1) is 29.2. The van der Waals surface area contributed by atoms with Gasteiger partial charge in [-0.1, -0.05) is 23.2 Å². The number of amides is 2. The smallest absolute Gasteiger partial charge is 0.255 e. The summed E-state index contributed by atoms with van der Waals surface area (Å²) in [4.78, 5) is 24.1. The molecular formula is C29H26Cl2N2O6. The predicted octanol–water partition coefficient (Wildman–Crippen LogP) is 6.92. The Kier molecular flexibility index (Phi) is 10.4. The molecular weight excluding hydrogens is 543 g/mol. The number of halogens is 2. The molecule has 3 N–H and O–H groups in total. The van der Waals surface area contributed by atoms with Gasteiger partial charge in [0.1, 0.15) is 23.0 Å². The number of phenolic OH excluding ortho intramolecular Hbond substituents is 1. The molecule has 0 unspecified atom stereocenters. The van der Waals surface area contributed by atoms with E-state index in [2.05, 4.69) is 10.6 Å². The average molecular weight is 569 g/mol. The second-order valence-electron chi connectivity index (χ2n) is 7.88. The fourth-order valence-electron chi connectivity index (χ4n) is 3.20. The monoisotopic (exact) mass is 568 g/mol. The molecule has 0 heterocycles. The lowest BCUT2D eigenvalue weighted by molar-refractivity contribution is 0.101. The lowest BCUT2D eigenvalue weighted by Gasteiger charge is -2.09. The third-order valence-electron chi connectivity index (χ3n) is 5.33. The summed E-state index contributed by atoms with van der Waals surface area (Å²) < 4.78 is 15.1. The third kappa shape index (κ3) is 8.29. The van der Waals surface area contributed by atoms with Gasteiger partial charge in [-0.3, -0.25) is 9.59 Å². The molecule has 0 aromatic heterocycles. The zero-order valence-electron chi connectivity index (χ0n) is 21.3. The van der Waals surface area contributed by atoms with Gasteiger partial charge in [-0.25, -0.2) is 0 Å². The molecule has 0 aliphatic carbocycles. The molecule has 39 heavy (non-hydrogen) atoms. The Labute approximate surface area is 236 Å². The minimum atomic E-state index is -0.282. The molecule has 8 nitrogen and oxygen atoms in total. The quantitative estimate of drug-likeness (QED) is 0.209. The summed E-state index contributed by atoms with van der Waals surface area (Å²) in [5.41, 5.74) is 2.00. The summed E-state index contributed by atoms with van der Waals surface area (Å²) in [5, 5.41) is 15.4. The van der Waals surface area contributed by atoms with Crippen LogP contribution in [0.1, 0.15) is 20.7 Å². The SMILES string of the molecule is COc1ccc(C(=O)Nc2ccc(O)cc2Cl)cc1.COc1ccc(C(=O)Nc2ccc(OC)cc2Cl)cc1. The van der Waals surface area contributed by atoms with Crippen molar-refractivity contribution in [2.45, 2.75) is 0 Å². The van der Waals surface area contributed by atoms with E-state index < -0.39 is 0 Å². The minimum absolute atomic E-state index is 0.0486. The number of nitrogens with one attached hydrogen (secondary N) is 2. The number of rotatable bonds is 7. The zero-order chi connectivity index (χ0) is 28.4. The lowest BCUT2D eigenvalue weighted by Crippen LogP contribution is -2.12. The van der Waals surface area contributed by atoms with Gasteiger partial charge in [0.2, 0.25) is 0 Å². The number of ether oxygens (including phenoxy) is 3. The van der Waals surface area contributed by atoms with Crippen molar-refractivity contribution in [1.82, 2.24) is 0 Å². The topological polar surface area (TPSA) is 106 Å². The van der Waals surface area contributed by atoms with Gasteiger partial charge in [0.05, 0.1) is 42.7 Å². The van der Waals surface area contributed by atoms with Crippen LogP contribution in [-0.4, -0.2) is 38.3 Å². The molecule has 0 saturated carbocycles. The first-order valence-electron chi connectivity index (χ1n) is 11.5. The maximum absolute atomic E-state index is 12.1. The molecule has 0 atom stereocenters. The molecule has 4 aromatic carbocycles. The Bertz CT molecular complexity index is 1430. The summed E-state index contributed by atoms with van der Waals surface area (Å²) in [5.74, 6) is 1.54. The molecule has 0 radical (unpaired) electrons. The molecule has 0 bridgehead atoms. The highest BCUT2D eigenvalue weighted by Gasteiger charge is 2.10. The van der Waals surface area contributed by atoms with Crippen molar-refractivity contribution in [3.05, 3.63) is 106 Å². The van der Waals surface area contributed by atoms with Gasteiger partial charge in [0.15, 0.2) is 0 Å². The molecule has 0 aliphatic rings. The van der Waals surface area contributed by atoms with Crippen LogP contribution in [0.5, 0.6) is 23.0 Å². The van der Waals surface area contributed by atoms with E-state index in [1.165, 1.54) is 12.1 Å². The highest BCUT2D eigenvalue weighted by atomic mass is 35.5. The van der Waals surface area contributed by atoms with Crippen LogP contribution < -0.4 is 24.8 Å². The van der Waals surface area contributed by atoms with E-state index in [0.29, 0.717) is 44.8 Å². The second-order valence-corrected chi connectivity index (χ2v) is 8.69. The largest absolute Gasteiger partial charge is 0.508 e. The lowest BCUT2D eigenvalue weighted by atomic mass is 10.2. The van der Waals surface area contributed by atoms with E-state index in [1.807, 2.05) is 0 Å². The second kappa shape index (κ2) is 13.9. The fourth-order valence-corrected chi connectivity index (χ4v) is 3.64. The van der Waals surface area contributed by atoms with Crippen molar-refractivity contribution in [3.8, 4) is 23.0 Å². The Morgan fingerprint density at radius 1 is 0.590 bits per heavy atom. The van der Waals surface area contributed by atoms with Crippen molar-refractivity contribution in [1.29, 1.82) is 0 Å². The number of anilines is 2. The molecule has 4 rings (SSSR count). The van der Waals surface area contributed by atoms with E-state index in [-0.39, 0.29) is 22.6 Å². The maximum Gasteiger partial charge on any atom is 0.255 e. The normalized spacial score (nSPS) is 9.97. The summed E-state index contributed by atoms with van der Waals surface area (Å²) in [6.07, 6.45) is 0. The highest BCUT2D eigenvalue weighted by Crippen LogP contribution is 2.28. The van der Waals surface area contributed by atoms with Gasteiger partial charge in [0.25, 0.3) is 11.8 Å². The van der Waals surface area contributed by atoms with Gasteiger partial charge in [-0.2, -0.15) is 0 Å². The molecule has 0 fully saturated rings. The first-order valence-corrected chi connectivity index (χ1v) is 12.2. The predicted molar refractivity (Wildman–Crippen MR) is 153 cm³/mol. The highest BCUT2D eigenvalue weighted by molar-refractivity contribution is 6.34. The van der Waals surface area contributed by atoms with E-state index in [1.54, 1.807) is 94.1 Å². The number of carbonyl (C=O) groups excluding carboxylic acids is 2. The van der Waals surface area contributed by atoms with Crippen LogP contribution in [0, 0.1) is 0 Å². The number of benzene rings is 4. The standard InChI is InChI=1S/C15H14ClNO3.C14H12ClNO3/c1-19-11-5-3-10(4-6-11)15(18)17-14-8-7-12(20-2)9-13(14)16;1-19-11-5-2-9(3-6-11)14(18)16-13-7-4-10(17)8-12(13)15/h3-9H,1-2H3,(H,17,18);2-8,17H,1H3,(H,16,18). The van der Waals surface area contributed by atoms with Crippen molar-refractivity contribution in [2.24, 2.45) is 0 Å². The molecule has 0 aliphatic heterocycles. The third-order valence-corrected chi connectivity index (χ3v) is 5.96. The molecule has 4 aromatic rings. The van der Waals surface area contributed by atoms with Crippen LogP contribution in [0.4, 0.5) is 11.4 Å². The van der Waals surface area contributed by atoms with Gasteiger partial charge >= 0.3 is 0 Å². The van der Waals surface area contributed by atoms with Gasteiger partial charge in [0, 0.05) is 23.3 Å². The van der Waals surface area contributed by atoms with Gasteiger partial charge < -0.3 is 30.0 Å². The van der Waals surface area contributed by atoms with Crippen LogP contribution in [0.2, 0.25) is 10.0 Å². The van der Waals surface area contributed by atoms with E-state index in [4.69, 9.17) is 37.4 Å². The average Bonchev–Trinajstić information content (AvgIpc) is 2.96. The van der Waals surface area contributed by atoms with Crippen molar-refractivity contribution >= 4 is 46.4 Å². The molecule has 2 amide bonds. The number of phenols is 1. The Morgan fingerprint density at radius 2 is 0.974 bits per heavy atom. The first-order chi connectivity index (χ1) is 18.7. The van der Waals surface area contributed by atoms with Crippen LogP contribution in [0.3, 0.4) is 0 Å². The van der Waals surface area contributed by atoms with Crippen molar-refractivity contribution in [3.63, 3.8) is 0 Å². The number of carbonyl (C=O) groups is 2. The maximum atomic E-state index is 12.1. The van der Waals surface area contributed by atoms with Crippen LogP contribution in [0.15, 0.2) is 84.9 Å². The van der Waals surface area contributed by atoms with Crippen molar-refractivity contribution < 1.29 is 28.9 Å². The van der Waals surface area contributed by atoms with E-state index in [9.17, 15) is 14.7 Å². The molecule has 0 saturated heterocycles. The molecule has 10 heteroatoms. The zero-order valence-corrected chi connectivity index (χ0v) is 22.8. The Morgan fingerprint density at radius 3 is 1.36 bits per heavy atom. The summed E-state index contributed by atoms with van der Waals surface area (Å²) in [6, 6.07) is 23.0. The number of hydrogen-bond acceptors (Lipinski definition) is 6. The van der Waals surface area contributed by atoms with Gasteiger partial charge in [-0.15, -0.1) is 0 Å². The Balaban J connectivity index is 0.000000216. The molecule has 202 valence electrons. The van der Waals surface area contributed by atoms with Crippen LogP contribution in [0.25, 0.3) is 0 Å². The number of methoxy groups -OCH3 is 3. The number of hydrogen-bond donors (Lipinski definition) is 3. The van der Waals surface area contributed by atoms with Crippen LogP contribution in [-0.2, 0) is 0 Å². The summed E-state index contributed by atoms with van der Waals surface area (Å²) in [6.45, 7) is 0.